The summed E-state index contributed by atoms with van der Waals surface area (Å²) >= 11 is 1.56. The molecule has 170 valence electrons. The zero-order valence-corrected chi connectivity index (χ0v) is 19.9. The van der Waals surface area contributed by atoms with Gasteiger partial charge in [0.05, 0.1) is 30.9 Å². The Kier molecular flexibility index (Phi) is 6.86. The molecule has 0 spiro atoms. The second-order valence-corrected chi connectivity index (χ2v) is 9.01. The van der Waals surface area contributed by atoms with Crippen molar-refractivity contribution in [1.29, 1.82) is 0 Å². The topological polar surface area (TPSA) is 58.6 Å². The second kappa shape index (κ2) is 9.81. The van der Waals surface area contributed by atoms with E-state index in [1.54, 1.807) is 23.3 Å². The molecule has 1 aliphatic heterocycles. The predicted molar refractivity (Wildman–Crippen MR) is 134 cm³/mol. The number of Topliss-reactive ketones (excluding diaryl/α,β-unsaturated/α-hetero) is 1. The van der Waals surface area contributed by atoms with Gasteiger partial charge in [-0.25, -0.2) is 0 Å². The van der Waals surface area contributed by atoms with Gasteiger partial charge >= 0.3 is 0 Å². The van der Waals surface area contributed by atoms with E-state index in [4.69, 9.17) is 4.74 Å². The number of benzene rings is 2. The van der Waals surface area contributed by atoms with Gasteiger partial charge in [0.2, 0.25) is 5.91 Å². The molecule has 1 N–H and O–H groups in total. The Hall–Kier alpha value is -3.09. The molecule has 7 heteroatoms. The van der Waals surface area contributed by atoms with Gasteiger partial charge in [0.1, 0.15) is 5.75 Å². The van der Waals surface area contributed by atoms with Crippen molar-refractivity contribution < 1.29 is 14.3 Å². The molecular formula is C26H25ClN2O3S. The lowest BCUT2D eigenvalue weighted by Crippen LogP contribution is -2.39. The molecule has 33 heavy (non-hydrogen) atoms. The van der Waals surface area contributed by atoms with Crippen molar-refractivity contribution in [2.24, 2.45) is 0 Å². The number of fused-ring (bicyclic) bond motifs is 1. The maximum Gasteiger partial charge on any atom is 0.233 e. The fraction of sp³-hybridized carbons (Fsp3) is 0.231. The first-order chi connectivity index (χ1) is 15.7. The molecule has 2 heterocycles. The number of hydrogen-bond acceptors (Lipinski definition) is 5. The van der Waals surface area contributed by atoms with Gasteiger partial charge in [-0.15, -0.1) is 23.7 Å². The average molecular weight is 481 g/mol. The van der Waals surface area contributed by atoms with Crippen LogP contribution < -0.4 is 15.0 Å². The van der Waals surface area contributed by atoms with Crippen LogP contribution in [0.5, 0.6) is 5.75 Å². The maximum atomic E-state index is 13.9. The molecule has 1 aromatic heterocycles. The molecule has 2 aliphatic rings. The number of allylic oxidation sites excluding steroid dienone is 1. The van der Waals surface area contributed by atoms with Crippen LogP contribution in [0.2, 0.25) is 0 Å². The number of nitrogens with one attached hydrogen (secondary N) is 1. The van der Waals surface area contributed by atoms with Crippen LogP contribution in [0.3, 0.4) is 0 Å². The highest BCUT2D eigenvalue weighted by atomic mass is 35.5. The molecule has 5 nitrogen and oxygen atoms in total. The van der Waals surface area contributed by atoms with E-state index < -0.39 is 6.04 Å². The summed E-state index contributed by atoms with van der Waals surface area (Å²) in [6, 6.07) is 18.8. The molecule has 1 atom stereocenters. The summed E-state index contributed by atoms with van der Waals surface area (Å²) in [5.41, 5.74) is 3.99. The summed E-state index contributed by atoms with van der Waals surface area (Å²) in [6.07, 6.45) is 2.33. The van der Waals surface area contributed by atoms with Crippen molar-refractivity contribution in [2.45, 2.75) is 31.7 Å². The van der Waals surface area contributed by atoms with Gasteiger partial charge in [0, 0.05) is 28.1 Å². The van der Waals surface area contributed by atoms with Crippen LogP contribution in [0.15, 0.2) is 77.3 Å². The number of ketones is 1. The van der Waals surface area contributed by atoms with Crippen molar-refractivity contribution >= 4 is 46.8 Å². The van der Waals surface area contributed by atoms with Crippen molar-refractivity contribution in [3.63, 3.8) is 0 Å². The lowest BCUT2D eigenvalue weighted by atomic mass is 9.85. The zero-order chi connectivity index (χ0) is 22.1. The Bertz CT molecular complexity index is 1210. The zero-order valence-electron chi connectivity index (χ0n) is 18.2. The first-order valence-corrected chi connectivity index (χ1v) is 11.6. The molecular weight excluding hydrogens is 456 g/mol. The number of halogens is 1. The van der Waals surface area contributed by atoms with Gasteiger partial charge in [0.15, 0.2) is 5.78 Å². The first kappa shape index (κ1) is 23.1. The third-order valence-electron chi connectivity index (χ3n) is 6.04. The van der Waals surface area contributed by atoms with Crippen LogP contribution >= 0.6 is 23.7 Å². The lowest BCUT2D eigenvalue weighted by Gasteiger charge is -2.34. The molecule has 0 bridgehead atoms. The van der Waals surface area contributed by atoms with Gasteiger partial charge < -0.3 is 10.1 Å². The van der Waals surface area contributed by atoms with Crippen LogP contribution in [0.1, 0.15) is 35.7 Å². The molecule has 0 radical (unpaired) electrons. The third kappa shape index (κ3) is 4.28. The lowest BCUT2D eigenvalue weighted by molar-refractivity contribution is -0.118. The molecule has 1 aliphatic carbocycles. The minimum Gasteiger partial charge on any atom is -0.496 e. The van der Waals surface area contributed by atoms with Gasteiger partial charge in [0.25, 0.3) is 0 Å². The smallest absolute Gasteiger partial charge is 0.233 e. The van der Waals surface area contributed by atoms with E-state index in [9.17, 15) is 9.59 Å². The highest BCUT2D eigenvalue weighted by Gasteiger charge is 2.40. The van der Waals surface area contributed by atoms with Crippen molar-refractivity contribution in [3.05, 3.63) is 87.8 Å². The normalized spacial score (nSPS) is 17.3. The van der Waals surface area contributed by atoms with E-state index in [0.29, 0.717) is 17.7 Å². The van der Waals surface area contributed by atoms with Crippen LogP contribution in [0.25, 0.3) is 0 Å². The summed E-state index contributed by atoms with van der Waals surface area (Å²) in [6.45, 7) is 0. The number of methoxy groups -OCH3 is 1. The predicted octanol–water partition coefficient (Wildman–Crippen LogP) is 5.93. The summed E-state index contributed by atoms with van der Waals surface area (Å²) in [7, 11) is 1.62. The first-order valence-electron chi connectivity index (χ1n) is 10.8. The summed E-state index contributed by atoms with van der Waals surface area (Å²) in [4.78, 5) is 30.0. The number of amides is 1. The molecule has 0 saturated carbocycles. The molecule has 2 aromatic carbocycles. The van der Waals surface area contributed by atoms with E-state index in [1.807, 2.05) is 66.0 Å². The fourth-order valence-electron chi connectivity index (χ4n) is 4.64. The number of carbonyl (C=O) groups excluding carboxylic acids is 2. The Balaban J connectivity index is 0.00000259. The van der Waals surface area contributed by atoms with Crippen LogP contribution in [-0.2, 0) is 16.0 Å². The Morgan fingerprint density at radius 2 is 1.88 bits per heavy atom. The molecule has 1 amide bonds. The third-order valence-corrected chi connectivity index (χ3v) is 6.92. The van der Waals surface area contributed by atoms with E-state index in [-0.39, 0.29) is 30.5 Å². The van der Waals surface area contributed by atoms with E-state index in [2.05, 4.69) is 5.32 Å². The van der Waals surface area contributed by atoms with Crippen molar-refractivity contribution in [3.8, 4) is 5.75 Å². The number of rotatable bonds is 4. The van der Waals surface area contributed by atoms with Gasteiger partial charge in [-0.2, -0.15) is 0 Å². The molecule has 0 fully saturated rings. The molecule has 0 saturated heterocycles. The molecule has 5 rings (SSSR count). The SMILES string of the molecule is COc1ccccc1C1C2=C(CCCC2=O)Nc2ccccc2N1C(=O)Cc1cccs1.Cl. The standard InChI is InChI=1S/C26H24N2O3S.ClH/c1-31-23-14-5-2-9-18(23)26-25-20(11-6-13-22(25)29)27-19-10-3-4-12-21(19)28(26)24(30)16-17-8-7-15-32-17;/h2-5,7-10,12,14-15,26-27H,6,11,13,16H2,1H3;1H. The summed E-state index contributed by atoms with van der Waals surface area (Å²) in [5, 5.41) is 5.48. The largest absolute Gasteiger partial charge is 0.496 e. The number of para-hydroxylation sites is 3. The Morgan fingerprint density at radius 3 is 2.67 bits per heavy atom. The van der Waals surface area contributed by atoms with E-state index in [1.165, 1.54) is 0 Å². The average Bonchev–Trinajstić information content (AvgIpc) is 3.26. The highest BCUT2D eigenvalue weighted by Crippen LogP contribution is 2.46. The number of anilines is 2. The van der Waals surface area contributed by atoms with E-state index >= 15 is 0 Å². The highest BCUT2D eigenvalue weighted by molar-refractivity contribution is 7.10. The Morgan fingerprint density at radius 1 is 1.09 bits per heavy atom. The minimum atomic E-state index is -0.558. The number of thiophene rings is 1. The number of hydrogen-bond donors (Lipinski definition) is 1. The number of ether oxygens (including phenoxy) is 1. The van der Waals surface area contributed by atoms with Gasteiger partial charge in [-0.05, 0) is 42.5 Å². The van der Waals surface area contributed by atoms with E-state index in [0.717, 1.165) is 40.4 Å². The monoisotopic (exact) mass is 480 g/mol. The van der Waals surface area contributed by atoms with Crippen molar-refractivity contribution in [1.82, 2.24) is 0 Å². The second-order valence-electron chi connectivity index (χ2n) is 7.98. The van der Waals surface area contributed by atoms with Gasteiger partial charge in [-0.1, -0.05) is 36.4 Å². The molecule has 1 unspecified atom stereocenters. The van der Waals surface area contributed by atoms with Crippen LogP contribution in [-0.4, -0.2) is 18.8 Å². The summed E-state index contributed by atoms with van der Waals surface area (Å²) in [5.74, 6) is 0.692. The maximum absolute atomic E-state index is 13.9. The van der Waals surface area contributed by atoms with Crippen LogP contribution in [0.4, 0.5) is 11.4 Å². The van der Waals surface area contributed by atoms with Crippen molar-refractivity contribution in [2.75, 3.05) is 17.3 Å². The summed E-state index contributed by atoms with van der Waals surface area (Å²) < 4.78 is 5.69. The fourth-order valence-corrected chi connectivity index (χ4v) is 5.34. The molecule has 3 aromatic rings. The Labute approximate surface area is 203 Å². The number of carbonyl (C=O) groups is 2. The van der Waals surface area contributed by atoms with Crippen LogP contribution in [0, 0.1) is 0 Å². The van der Waals surface area contributed by atoms with Gasteiger partial charge in [-0.3, -0.25) is 14.5 Å². The number of nitrogens with zero attached hydrogens (tertiary/aromatic N) is 1. The minimum absolute atomic E-state index is 0. The quantitative estimate of drug-likeness (QED) is 0.503.